The van der Waals surface area contributed by atoms with E-state index in [-0.39, 0.29) is 5.69 Å². The molecule has 2 aliphatic rings. The lowest BCUT2D eigenvalue weighted by molar-refractivity contribution is 0.0228. The molecule has 3 rings (SSSR count). The highest BCUT2D eigenvalue weighted by Crippen LogP contribution is 2.19. The van der Waals surface area contributed by atoms with Gasteiger partial charge in [-0.25, -0.2) is 9.48 Å². The summed E-state index contributed by atoms with van der Waals surface area (Å²) < 4.78 is 11.7. The molecule has 8 heteroatoms. The Labute approximate surface area is 136 Å². The van der Waals surface area contributed by atoms with Crippen molar-refractivity contribution in [2.45, 2.75) is 19.5 Å². The van der Waals surface area contributed by atoms with Crippen molar-refractivity contribution in [2.75, 3.05) is 53.0 Å². The standard InChI is InChI=1S/C15H25N5O3/c1-22-15(21)14-11-20(17-16-14)12-19-4-2-13(3-5-19)10-18-6-8-23-9-7-18/h11,13H,2-10,12H2,1H3. The van der Waals surface area contributed by atoms with E-state index in [4.69, 9.17) is 4.74 Å². The minimum absolute atomic E-state index is 0.259. The first-order chi connectivity index (χ1) is 11.2. The van der Waals surface area contributed by atoms with Gasteiger partial charge in [-0.3, -0.25) is 9.80 Å². The zero-order valence-electron chi connectivity index (χ0n) is 13.7. The molecule has 0 radical (unpaired) electrons. The first kappa shape index (κ1) is 16.4. The summed E-state index contributed by atoms with van der Waals surface area (Å²) in [5.74, 6) is 0.325. The molecule has 2 saturated heterocycles. The fourth-order valence-corrected chi connectivity index (χ4v) is 3.23. The fraction of sp³-hybridized carbons (Fsp3) is 0.800. The molecule has 128 valence electrons. The van der Waals surface area contributed by atoms with Crippen LogP contribution in [0.15, 0.2) is 6.20 Å². The molecule has 0 aliphatic carbocycles. The molecule has 0 unspecified atom stereocenters. The van der Waals surface area contributed by atoms with Crippen LogP contribution in [0.1, 0.15) is 23.3 Å². The van der Waals surface area contributed by atoms with E-state index >= 15 is 0 Å². The van der Waals surface area contributed by atoms with Crippen molar-refractivity contribution in [3.8, 4) is 0 Å². The number of aromatic nitrogens is 3. The number of carbonyl (C=O) groups excluding carboxylic acids is 1. The number of piperidine rings is 1. The Balaban J connectivity index is 1.42. The highest BCUT2D eigenvalue weighted by atomic mass is 16.5. The second kappa shape index (κ2) is 7.85. The average molecular weight is 323 g/mol. The first-order valence-electron chi connectivity index (χ1n) is 8.25. The molecular formula is C15H25N5O3. The number of ether oxygens (including phenoxy) is 2. The van der Waals surface area contributed by atoms with Gasteiger partial charge in [-0.15, -0.1) is 5.10 Å². The molecule has 23 heavy (non-hydrogen) atoms. The molecular weight excluding hydrogens is 298 g/mol. The van der Waals surface area contributed by atoms with Crippen LogP contribution in [0.3, 0.4) is 0 Å². The van der Waals surface area contributed by atoms with Crippen LogP contribution in [0.4, 0.5) is 0 Å². The fourth-order valence-electron chi connectivity index (χ4n) is 3.23. The Morgan fingerprint density at radius 2 is 2.00 bits per heavy atom. The summed E-state index contributed by atoms with van der Waals surface area (Å²) in [4.78, 5) is 16.3. The largest absolute Gasteiger partial charge is 0.464 e. The smallest absolute Gasteiger partial charge is 0.360 e. The normalized spacial score (nSPS) is 21.4. The number of hydrogen-bond donors (Lipinski definition) is 0. The molecule has 0 aromatic carbocycles. The van der Waals surface area contributed by atoms with Crippen LogP contribution in [0.2, 0.25) is 0 Å². The van der Waals surface area contributed by atoms with Gasteiger partial charge in [0, 0.05) is 32.7 Å². The number of esters is 1. The van der Waals surface area contributed by atoms with Crippen LogP contribution in [-0.2, 0) is 16.1 Å². The minimum atomic E-state index is -0.444. The Bertz CT molecular complexity index is 507. The molecule has 2 fully saturated rings. The lowest BCUT2D eigenvalue weighted by Crippen LogP contribution is -2.43. The van der Waals surface area contributed by atoms with Gasteiger partial charge in [0.15, 0.2) is 5.69 Å². The van der Waals surface area contributed by atoms with Crippen molar-refractivity contribution in [1.29, 1.82) is 0 Å². The average Bonchev–Trinajstić information content (AvgIpc) is 3.05. The summed E-state index contributed by atoms with van der Waals surface area (Å²) in [6.07, 6.45) is 4.05. The molecule has 8 nitrogen and oxygen atoms in total. The number of morpholine rings is 1. The van der Waals surface area contributed by atoms with E-state index in [0.29, 0.717) is 6.67 Å². The maximum atomic E-state index is 11.4. The third-order valence-electron chi connectivity index (χ3n) is 4.61. The van der Waals surface area contributed by atoms with Gasteiger partial charge in [-0.1, -0.05) is 5.21 Å². The van der Waals surface area contributed by atoms with Crippen LogP contribution in [-0.4, -0.2) is 83.8 Å². The van der Waals surface area contributed by atoms with Gasteiger partial charge >= 0.3 is 5.97 Å². The summed E-state index contributed by atoms with van der Waals surface area (Å²) >= 11 is 0. The predicted molar refractivity (Wildman–Crippen MR) is 82.9 cm³/mol. The molecule has 0 N–H and O–H groups in total. The molecule has 0 amide bonds. The number of nitrogens with zero attached hydrogens (tertiary/aromatic N) is 5. The SMILES string of the molecule is COC(=O)c1cn(CN2CCC(CN3CCOCC3)CC2)nn1. The van der Waals surface area contributed by atoms with Crippen LogP contribution in [0.25, 0.3) is 0 Å². The molecule has 0 saturated carbocycles. The van der Waals surface area contributed by atoms with Crippen LogP contribution >= 0.6 is 0 Å². The van der Waals surface area contributed by atoms with E-state index in [0.717, 1.165) is 45.3 Å². The topological polar surface area (TPSA) is 72.7 Å². The maximum Gasteiger partial charge on any atom is 0.360 e. The van der Waals surface area contributed by atoms with E-state index in [1.807, 2.05) is 0 Å². The van der Waals surface area contributed by atoms with Crippen molar-refractivity contribution in [1.82, 2.24) is 24.8 Å². The van der Waals surface area contributed by atoms with E-state index in [1.54, 1.807) is 10.9 Å². The Hall–Kier alpha value is -1.51. The zero-order chi connectivity index (χ0) is 16.1. The quantitative estimate of drug-likeness (QED) is 0.710. The molecule has 0 spiro atoms. The summed E-state index contributed by atoms with van der Waals surface area (Å²) in [6, 6.07) is 0. The second-order valence-corrected chi connectivity index (χ2v) is 6.25. The molecule has 3 heterocycles. The van der Waals surface area contributed by atoms with Crippen LogP contribution < -0.4 is 0 Å². The van der Waals surface area contributed by atoms with Crippen molar-refractivity contribution in [3.05, 3.63) is 11.9 Å². The Kier molecular flexibility index (Phi) is 5.58. The van der Waals surface area contributed by atoms with Crippen molar-refractivity contribution in [2.24, 2.45) is 5.92 Å². The summed E-state index contributed by atoms with van der Waals surface area (Å²) in [7, 11) is 1.35. The second-order valence-electron chi connectivity index (χ2n) is 6.25. The summed E-state index contributed by atoms with van der Waals surface area (Å²) in [6.45, 7) is 7.85. The first-order valence-corrected chi connectivity index (χ1v) is 8.25. The van der Waals surface area contributed by atoms with Gasteiger partial charge in [-0.05, 0) is 18.8 Å². The lowest BCUT2D eigenvalue weighted by atomic mass is 9.96. The molecule has 1 aromatic heterocycles. The number of hydrogen-bond acceptors (Lipinski definition) is 7. The minimum Gasteiger partial charge on any atom is -0.464 e. The summed E-state index contributed by atoms with van der Waals surface area (Å²) in [5.41, 5.74) is 0.259. The monoisotopic (exact) mass is 323 g/mol. The molecule has 2 aliphatic heterocycles. The Morgan fingerprint density at radius 1 is 1.26 bits per heavy atom. The number of rotatable bonds is 5. The van der Waals surface area contributed by atoms with Crippen molar-refractivity contribution in [3.63, 3.8) is 0 Å². The Morgan fingerprint density at radius 3 is 2.70 bits per heavy atom. The van der Waals surface area contributed by atoms with Gasteiger partial charge in [0.2, 0.25) is 0 Å². The highest BCUT2D eigenvalue weighted by molar-refractivity contribution is 5.86. The third kappa shape index (κ3) is 4.49. The molecule has 0 bridgehead atoms. The van der Waals surface area contributed by atoms with Gasteiger partial charge in [0.25, 0.3) is 0 Å². The lowest BCUT2D eigenvalue weighted by Gasteiger charge is -2.35. The number of methoxy groups -OCH3 is 1. The van der Waals surface area contributed by atoms with Gasteiger partial charge in [0.1, 0.15) is 0 Å². The van der Waals surface area contributed by atoms with E-state index in [9.17, 15) is 4.79 Å². The number of carbonyl (C=O) groups is 1. The maximum absolute atomic E-state index is 11.4. The van der Waals surface area contributed by atoms with Gasteiger partial charge in [0.05, 0.1) is 33.2 Å². The van der Waals surface area contributed by atoms with Crippen LogP contribution in [0, 0.1) is 5.92 Å². The highest BCUT2D eigenvalue weighted by Gasteiger charge is 2.23. The number of likely N-dealkylation sites (tertiary alicyclic amines) is 1. The van der Waals surface area contributed by atoms with Crippen LogP contribution in [0.5, 0.6) is 0 Å². The van der Waals surface area contributed by atoms with E-state index in [2.05, 4.69) is 24.8 Å². The van der Waals surface area contributed by atoms with Crippen molar-refractivity contribution >= 4 is 5.97 Å². The predicted octanol–water partition coefficient (Wildman–Crippen LogP) is 0.0664. The van der Waals surface area contributed by atoms with Gasteiger partial charge in [-0.2, -0.15) is 0 Å². The molecule has 0 atom stereocenters. The summed E-state index contributed by atoms with van der Waals surface area (Å²) in [5, 5.41) is 7.83. The third-order valence-corrected chi connectivity index (χ3v) is 4.61. The molecule has 1 aromatic rings. The van der Waals surface area contributed by atoms with E-state index in [1.165, 1.54) is 26.5 Å². The van der Waals surface area contributed by atoms with Crippen molar-refractivity contribution < 1.29 is 14.3 Å². The van der Waals surface area contributed by atoms with Gasteiger partial charge < -0.3 is 9.47 Å². The zero-order valence-corrected chi connectivity index (χ0v) is 13.7. The van der Waals surface area contributed by atoms with E-state index < -0.39 is 5.97 Å².